The van der Waals surface area contributed by atoms with Crippen molar-refractivity contribution < 1.29 is 23.6 Å². The number of hydrogen-bond donors (Lipinski definition) is 2. The van der Waals surface area contributed by atoms with Crippen LogP contribution in [0.4, 0.5) is 0 Å². The standard InChI is InChI=1S/C7H15O5P/c1-2-6-3-4-7(12-6)5-11-13(8,9)10/h6-7H,2-5H2,1H3,(H2,8,9,10)/t6-,7-/m0/s1. The highest BCUT2D eigenvalue weighted by molar-refractivity contribution is 7.46. The fraction of sp³-hybridized carbons (Fsp3) is 1.00. The lowest BCUT2D eigenvalue weighted by Crippen LogP contribution is -2.15. The Balaban J connectivity index is 2.21. The Morgan fingerprint density at radius 2 is 2.08 bits per heavy atom. The average Bonchev–Trinajstić information content (AvgIpc) is 2.47. The van der Waals surface area contributed by atoms with Crippen LogP contribution in [0.2, 0.25) is 0 Å². The molecule has 1 fully saturated rings. The maximum Gasteiger partial charge on any atom is 0.469 e. The summed E-state index contributed by atoms with van der Waals surface area (Å²) < 4.78 is 20.1. The second kappa shape index (κ2) is 4.53. The van der Waals surface area contributed by atoms with Crippen LogP contribution in [-0.2, 0) is 13.8 Å². The summed E-state index contributed by atoms with van der Waals surface area (Å²) in [4.78, 5) is 16.9. The maximum atomic E-state index is 10.4. The first-order chi connectivity index (χ1) is 6.01. The molecule has 0 bridgehead atoms. The first kappa shape index (κ1) is 11.1. The van der Waals surface area contributed by atoms with E-state index in [2.05, 4.69) is 4.52 Å². The molecule has 5 nitrogen and oxygen atoms in total. The minimum absolute atomic E-state index is 0.0131. The second-order valence-corrected chi connectivity index (χ2v) is 4.39. The quantitative estimate of drug-likeness (QED) is 0.678. The summed E-state index contributed by atoms with van der Waals surface area (Å²) in [6.07, 6.45) is 2.78. The van der Waals surface area contributed by atoms with E-state index in [1.165, 1.54) is 0 Å². The first-order valence-electron chi connectivity index (χ1n) is 4.37. The monoisotopic (exact) mass is 210 g/mol. The van der Waals surface area contributed by atoms with Gasteiger partial charge in [-0.25, -0.2) is 4.57 Å². The van der Waals surface area contributed by atoms with Crippen molar-refractivity contribution in [2.45, 2.75) is 38.4 Å². The molecule has 0 aromatic heterocycles. The Bertz CT molecular complexity index is 201. The minimum Gasteiger partial charge on any atom is -0.373 e. The topological polar surface area (TPSA) is 76.0 Å². The van der Waals surface area contributed by atoms with Gasteiger partial charge in [0, 0.05) is 0 Å². The van der Waals surface area contributed by atoms with Crippen molar-refractivity contribution in [3.05, 3.63) is 0 Å². The van der Waals surface area contributed by atoms with Crippen LogP contribution >= 0.6 is 7.82 Å². The van der Waals surface area contributed by atoms with Gasteiger partial charge in [0.15, 0.2) is 0 Å². The third-order valence-electron chi connectivity index (χ3n) is 2.08. The molecule has 0 saturated carbocycles. The van der Waals surface area contributed by atoms with Gasteiger partial charge in [-0.2, -0.15) is 0 Å². The summed E-state index contributed by atoms with van der Waals surface area (Å²) in [7, 11) is -4.33. The summed E-state index contributed by atoms with van der Waals surface area (Å²) in [5, 5.41) is 0. The molecule has 1 heterocycles. The third-order valence-corrected chi connectivity index (χ3v) is 2.56. The highest BCUT2D eigenvalue weighted by Crippen LogP contribution is 2.37. The lowest BCUT2D eigenvalue weighted by molar-refractivity contribution is 0.00976. The molecule has 2 N–H and O–H groups in total. The summed E-state index contributed by atoms with van der Waals surface area (Å²) in [6, 6.07) is 0. The number of hydrogen-bond acceptors (Lipinski definition) is 3. The van der Waals surface area contributed by atoms with Gasteiger partial charge in [0.2, 0.25) is 0 Å². The van der Waals surface area contributed by atoms with Crippen molar-refractivity contribution in [1.82, 2.24) is 0 Å². The van der Waals surface area contributed by atoms with Gasteiger partial charge in [0.1, 0.15) is 0 Å². The van der Waals surface area contributed by atoms with Crippen LogP contribution in [-0.4, -0.2) is 28.6 Å². The number of ether oxygens (including phenoxy) is 1. The van der Waals surface area contributed by atoms with Gasteiger partial charge in [-0.1, -0.05) is 6.92 Å². The van der Waals surface area contributed by atoms with Crippen molar-refractivity contribution in [2.24, 2.45) is 0 Å². The molecule has 1 saturated heterocycles. The second-order valence-electron chi connectivity index (χ2n) is 3.15. The van der Waals surface area contributed by atoms with E-state index in [9.17, 15) is 4.57 Å². The van der Waals surface area contributed by atoms with Crippen molar-refractivity contribution >= 4 is 7.82 Å². The van der Waals surface area contributed by atoms with Gasteiger partial charge >= 0.3 is 7.82 Å². The predicted octanol–water partition coefficient (Wildman–Crippen LogP) is 1.05. The lowest BCUT2D eigenvalue weighted by Gasteiger charge is -2.12. The van der Waals surface area contributed by atoms with Crippen LogP contribution in [0.15, 0.2) is 0 Å². The molecule has 0 spiro atoms. The van der Waals surface area contributed by atoms with Crippen LogP contribution in [0.1, 0.15) is 26.2 Å². The van der Waals surface area contributed by atoms with Crippen LogP contribution in [0.5, 0.6) is 0 Å². The molecular formula is C7H15O5P. The van der Waals surface area contributed by atoms with E-state index in [0.717, 1.165) is 19.3 Å². The van der Waals surface area contributed by atoms with Gasteiger partial charge in [-0.05, 0) is 19.3 Å². The summed E-state index contributed by atoms with van der Waals surface area (Å²) in [5.74, 6) is 0. The highest BCUT2D eigenvalue weighted by Gasteiger charge is 2.26. The van der Waals surface area contributed by atoms with Crippen molar-refractivity contribution in [3.8, 4) is 0 Å². The Labute approximate surface area is 77.3 Å². The van der Waals surface area contributed by atoms with Gasteiger partial charge in [-0.3, -0.25) is 4.52 Å². The normalized spacial score (nSPS) is 29.5. The molecule has 1 aliphatic heterocycles. The van der Waals surface area contributed by atoms with Crippen molar-refractivity contribution in [1.29, 1.82) is 0 Å². The molecule has 1 rings (SSSR count). The van der Waals surface area contributed by atoms with E-state index in [4.69, 9.17) is 14.5 Å². The zero-order valence-electron chi connectivity index (χ0n) is 7.55. The smallest absolute Gasteiger partial charge is 0.373 e. The Morgan fingerprint density at radius 1 is 1.46 bits per heavy atom. The predicted molar refractivity (Wildman–Crippen MR) is 46.2 cm³/mol. The lowest BCUT2D eigenvalue weighted by atomic mass is 10.2. The largest absolute Gasteiger partial charge is 0.469 e. The van der Waals surface area contributed by atoms with Crippen LogP contribution < -0.4 is 0 Å². The number of rotatable bonds is 4. The Kier molecular flexibility index (Phi) is 3.88. The van der Waals surface area contributed by atoms with Gasteiger partial charge in [0.05, 0.1) is 18.8 Å². The van der Waals surface area contributed by atoms with E-state index >= 15 is 0 Å². The minimum atomic E-state index is -4.33. The van der Waals surface area contributed by atoms with E-state index in [0.29, 0.717) is 0 Å². The van der Waals surface area contributed by atoms with Crippen molar-refractivity contribution in [3.63, 3.8) is 0 Å². The fourth-order valence-electron chi connectivity index (χ4n) is 1.38. The number of phosphoric acid groups is 1. The van der Waals surface area contributed by atoms with E-state index in [1.807, 2.05) is 6.92 Å². The van der Waals surface area contributed by atoms with E-state index in [1.54, 1.807) is 0 Å². The third kappa shape index (κ3) is 4.20. The average molecular weight is 210 g/mol. The first-order valence-corrected chi connectivity index (χ1v) is 5.90. The molecule has 13 heavy (non-hydrogen) atoms. The summed E-state index contributed by atoms with van der Waals surface area (Å²) in [5.41, 5.74) is 0. The fourth-order valence-corrected chi connectivity index (χ4v) is 1.74. The molecule has 1 aliphatic rings. The highest BCUT2D eigenvalue weighted by atomic mass is 31.2. The SMILES string of the molecule is CC[C@H]1CC[C@@H](COP(=O)(O)O)O1. The molecule has 0 radical (unpaired) electrons. The zero-order valence-corrected chi connectivity index (χ0v) is 8.44. The Morgan fingerprint density at radius 3 is 2.54 bits per heavy atom. The van der Waals surface area contributed by atoms with Crippen molar-refractivity contribution in [2.75, 3.05) is 6.61 Å². The maximum absolute atomic E-state index is 10.4. The number of phosphoric ester groups is 1. The van der Waals surface area contributed by atoms with Gasteiger partial charge < -0.3 is 14.5 Å². The molecule has 78 valence electrons. The molecule has 2 atom stereocenters. The Hall–Kier alpha value is 0.0700. The van der Waals surface area contributed by atoms with Crippen LogP contribution in [0, 0.1) is 0 Å². The van der Waals surface area contributed by atoms with Crippen LogP contribution in [0.25, 0.3) is 0 Å². The molecule has 0 amide bonds. The summed E-state index contributed by atoms with van der Waals surface area (Å²) >= 11 is 0. The molecule has 6 heteroatoms. The molecule has 0 aliphatic carbocycles. The molecule has 0 aromatic rings. The zero-order chi connectivity index (χ0) is 9.90. The van der Waals surface area contributed by atoms with E-state index < -0.39 is 7.82 Å². The molecule has 0 unspecified atom stereocenters. The van der Waals surface area contributed by atoms with Gasteiger partial charge in [0.25, 0.3) is 0 Å². The van der Waals surface area contributed by atoms with E-state index in [-0.39, 0.29) is 18.8 Å². The van der Waals surface area contributed by atoms with Gasteiger partial charge in [-0.15, -0.1) is 0 Å². The summed E-state index contributed by atoms with van der Waals surface area (Å²) in [6.45, 7) is 2.01. The molecule has 0 aromatic carbocycles. The van der Waals surface area contributed by atoms with Crippen LogP contribution in [0.3, 0.4) is 0 Å². The molecular weight excluding hydrogens is 195 g/mol.